The highest BCUT2D eigenvalue weighted by molar-refractivity contribution is 6.10. The maximum Gasteiger partial charge on any atom is 0.407 e. The average molecular weight is 517 g/mol. The Kier molecular flexibility index (Phi) is 9.42. The van der Waals surface area contributed by atoms with Crippen molar-refractivity contribution in [1.29, 1.82) is 0 Å². The molecule has 2 N–H and O–H groups in total. The van der Waals surface area contributed by atoms with Gasteiger partial charge in [-0.05, 0) is 43.5 Å². The topological polar surface area (TPSA) is 112 Å². The molecule has 0 aliphatic rings. The van der Waals surface area contributed by atoms with Crippen LogP contribution in [0.4, 0.5) is 10.6 Å². The molecule has 4 aromatic rings. The number of hydrogen-bond donors (Lipinski definition) is 2. The van der Waals surface area contributed by atoms with Crippen LogP contribution in [-0.2, 0) is 20.8 Å². The maximum absolute atomic E-state index is 12.0. The lowest BCUT2D eigenvalue weighted by Gasteiger charge is -2.17. The number of alkyl carbamates (subject to hydrolysis) is 1. The largest absolute Gasteiger partial charge is 0.465 e. The summed E-state index contributed by atoms with van der Waals surface area (Å²) in [6.07, 6.45) is 4.71. The predicted molar refractivity (Wildman–Crippen MR) is 146 cm³/mol. The molecule has 0 saturated heterocycles. The van der Waals surface area contributed by atoms with Crippen LogP contribution in [0.25, 0.3) is 21.7 Å². The number of anilines is 1. The summed E-state index contributed by atoms with van der Waals surface area (Å²) >= 11 is 0. The smallest absolute Gasteiger partial charge is 0.407 e. The molecule has 1 atom stereocenters. The van der Waals surface area contributed by atoms with Gasteiger partial charge in [0.05, 0.1) is 24.8 Å². The molecule has 4 rings (SSSR count). The SMILES string of the molecule is COC(=O)c1ccc2c(c1)nc(N[C@H](C)COCCCCNC(=O)OCc1ccccc1)c1ccncc12. The van der Waals surface area contributed by atoms with Crippen molar-refractivity contribution in [2.24, 2.45) is 0 Å². The van der Waals surface area contributed by atoms with Crippen LogP contribution in [0.1, 0.15) is 35.7 Å². The number of methoxy groups -OCH3 is 1. The highest BCUT2D eigenvalue weighted by Crippen LogP contribution is 2.29. The van der Waals surface area contributed by atoms with Crippen molar-refractivity contribution in [3.05, 3.63) is 78.1 Å². The van der Waals surface area contributed by atoms with E-state index in [4.69, 9.17) is 19.2 Å². The van der Waals surface area contributed by atoms with Crippen LogP contribution in [0.15, 0.2) is 67.0 Å². The predicted octanol–water partition coefficient (Wildman–Crippen LogP) is 5.09. The van der Waals surface area contributed by atoms with E-state index < -0.39 is 12.1 Å². The molecule has 0 aliphatic carbocycles. The summed E-state index contributed by atoms with van der Waals surface area (Å²) in [6, 6.07) is 16.8. The van der Waals surface area contributed by atoms with Crippen molar-refractivity contribution in [1.82, 2.24) is 15.3 Å². The highest BCUT2D eigenvalue weighted by Gasteiger charge is 2.14. The first-order valence-corrected chi connectivity index (χ1v) is 12.6. The summed E-state index contributed by atoms with van der Waals surface area (Å²) in [7, 11) is 1.36. The number of carbonyl (C=O) groups is 2. The maximum atomic E-state index is 12.0. The van der Waals surface area contributed by atoms with Crippen LogP contribution < -0.4 is 10.6 Å². The van der Waals surface area contributed by atoms with Gasteiger partial charge in [0.1, 0.15) is 12.4 Å². The van der Waals surface area contributed by atoms with E-state index >= 15 is 0 Å². The zero-order valence-corrected chi connectivity index (χ0v) is 21.6. The summed E-state index contributed by atoms with van der Waals surface area (Å²) in [5, 5.41) is 8.98. The fourth-order valence-electron chi connectivity index (χ4n) is 4.03. The van der Waals surface area contributed by atoms with Crippen LogP contribution in [0.3, 0.4) is 0 Å². The summed E-state index contributed by atoms with van der Waals surface area (Å²) in [4.78, 5) is 32.9. The Hall–Kier alpha value is -4.24. The Morgan fingerprint density at radius 2 is 1.84 bits per heavy atom. The van der Waals surface area contributed by atoms with E-state index in [-0.39, 0.29) is 12.6 Å². The van der Waals surface area contributed by atoms with Crippen molar-refractivity contribution in [3.8, 4) is 0 Å². The first-order valence-electron chi connectivity index (χ1n) is 12.6. The quantitative estimate of drug-likeness (QED) is 0.152. The van der Waals surface area contributed by atoms with Crippen molar-refractivity contribution >= 4 is 39.6 Å². The second kappa shape index (κ2) is 13.3. The lowest BCUT2D eigenvalue weighted by Crippen LogP contribution is -2.25. The molecule has 1 amide bonds. The summed E-state index contributed by atoms with van der Waals surface area (Å²) in [5.41, 5.74) is 2.07. The molecule has 2 heterocycles. The van der Waals surface area contributed by atoms with E-state index in [0.29, 0.717) is 36.7 Å². The Morgan fingerprint density at radius 1 is 1.00 bits per heavy atom. The fourth-order valence-corrected chi connectivity index (χ4v) is 4.03. The monoisotopic (exact) mass is 516 g/mol. The molecule has 0 radical (unpaired) electrons. The third kappa shape index (κ3) is 7.17. The Labute approximate surface area is 221 Å². The number of benzene rings is 2. The standard InChI is InChI=1S/C29H32N4O5/c1-20(18-37-15-7-6-13-31-29(35)38-19-21-8-4-3-5-9-21)32-27-24-12-14-30-17-25(24)23-11-10-22(28(34)36-2)16-26(23)33-27/h3-5,8-12,14,16-17,20H,6-7,13,15,18-19H2,1-2H3,(H,31,35)(H,32,33)/t20-/m1/s1. The van der Waals surface area contributed by atoms with Crippen molar-refractivity contribution in [3.63, 3.8) is 0 Å². The van der Waals surface area contributed by atoms with Gasteiger partial charge in [-0.15, -0.1) is 0 Å². The molecule has 0 bridgehead atoms. The molecule has 0 aliphatic heterocycles. The van der Waals surface area contributed by atoms with Gasteiger partial charge in [-0.1, -0.05) is 36.4 Å². The van der Waals surface area contributed by atoms with Crippen LogP contribution in [0, 0.1) is 0 Å². The second-order valence-corrected chi connectivity index (χ2v) is 8.92. The molecule has 0 saturated carbocycles. The number of rotatable bonds is 12. The van der Waals surface area contributed by atoms with Crippen molar-refractivity contribution in [2.45, 2.75) is 32.4 Å². The van der Waals surface area contributed by atoms with Crippen molar-refractivity contribution < 1.29 is 23.8 Å². The number of carbonyl (C=O) groups excluding carboxylic acids is 2. The molecular weight excluding hydrogens is 484 g/mol. The molecule has 2 aromatic carbocycles. The summed E-state index contributed by atoms with van der Waals surface area (Å²) < 4.78 is 15.9. The van der Waals surface area contributed by atoms with E-state index in [9.17, 15) is 9.59 Å². The number of amides is 1. The van der Waals surface area contributed by atoms with Gasteiger partial charge >= 0.3 is 12.1 Å². The van der Waals surface area contributed by atoms with Crippen molar-refractivity contribution in [2.75, 3.05) is 32.2 Å². The molecular formula is C29H32N4O5. The number of hydrogen-bond acceptors (Lipinski definition) is 8. The van der Waals surface area contributed by atoms with Gasteiger partial charge in [0, 0.05) is 47.7 Å². The minimum atomic E-state index is -0.420. The Morgan fingerprint density at radius 3 is 2.66 bits per heavy atom. The molecule has 9 heteroatoms. The number of fused-ring (bicyclic) bond motifs is 3. The third-order valence-electron chi connectivity index (χ3n) is 5.97. The average Bonchev–Trinajstić information content (AvgIpc) is 2.95. The minimum absolute atomic E-state index is 0.00815. The Bertz CT molecular complexity index is 1380. The zero-order chi connectivity index (χ0) is 26.7. The van der Waals surface area contributed by atoms with Gasteiger partial charge in [-0.2, -0.15) is 0 Å². The number of nitrogens with zero attached hydrogens (tertiary/aromatic N) is 2. The van der Waals surface area contributed by atoms with Crippen LogP contribution in [0.2, 0.25) is 0 Å². The number of unbranched alkanes of at least 4 members (excludes halogenated alkanes) is 1. The van der Waals surface area contributed by atoms with E-state index in [1.165, 1.54) is 7.11 Å². The van der Waals surface area contributed by atoms with Crippen LogP contribution in [-0.4, -0.2) is 54.9 Å². The number of ether oxygens (including phenoxy) is 3. The van der Waals surface area contributed by atoms with Gasteiger partial charge < -0.3 is 24.8 Å². The van der Waals surface area contributed by atoms with Gasteiger partial charge in [-0.3, -0.25) is 4.98 Å². The van der Waals surface area contributed by atoms with E-state index in [1.807, 2.05) is 49.4 Å². The number of esters is 1. The minimum Gasteiger partial charge on any atom is -0.465 e. The normalized spacial score (nSPS) is 11.7. The molecule has 0 spiro atoms. The molecule has 9 nitrogen and oxygen atoms in total. The van der Waals surface area contributed by atoms with E-state index in [2.05, 4.69) is 15.6 Å². The van der Waals surface area contributed by atoms with Crippen LogP contribution in [0.5, 0.6) is 0 Å². The molecule has 198 valence electrons. The van der Waals surface area contributed by atoms with Gasteiger partial charge in [0.2, 0.25) is 0 Å². The summed E-state index contributed by atoms with van der Waals surface area (Å²) in [5.74, 6) is 0.293. The third-order valence-corrected chi connectivity index (χ3v) is 5.97. The lowest BCUT2D eigenvalue weighted by atomic mass is 10.1. The number of aromatic nitrogens is 2. The molecule has 0 fully saturated rings. The number of nitrogens with one attached hydrogen (secondary N) is 2. The first-order chi connectivity index (χ1) is 18.5. The Balaban J connectivity index is 1.22. The van der Waals surface area contributed by atoms with Gasteiger partial charge in [0.15, 0.2) is 0 Å². The summed E-state index contributed by atoms with van der Waals surface area (Å²) in [6.45, 7) is 3.87. The van der Waals surface area contributed by atoms with Crippen LogP contribution >= 0.6 is 0 Å². The van der Waals surface area contributed by atoms with E-state index in [0.717, 1.165) is 34.6 Å². The molecule has 38 heavy (non-hydrogen) atoms. The number of pyridine rings is 2. The fraction of sp³-hybridized carbons (Fsp3) is 0.310. The van der Waals surface area contributed by atoms with Gasteiger partial charge in [-0.25, -0.2) is 14.6 Å². The van der Waals surface area contributed by atoms with Gasteiger partial charge in [0.25, 0.3) is 0 Å². The molecule has 2 aromatic heterocycles. The first kappa shape index (κ1) is 26.8. The molecule has 0 unspecified atom stereocenters. The second-order valence-electron chi connectivity index (χ2n) is 8.92. The van der Waals surface area contributed by atoms with E-state index in [1.54, 1.807) is 24.5 Å². The highest BCUT2D eigenvalue weighted by atomic mass is 16.5. The zero-order valence-electron chi connectivity index (χ0n) is 21.6. The lowest BCUT2D eigenvalue weighted by molar-refractivity contribution is 0.0601.